The molecule has 0 spiro atoms. The van der Waals surface area contributed by atoms with Crippen LogP contribution in [0.3, 0.4) is 0 Å². The first kappa shape index (κ1) is 13.1. The Hall–Kier alpha value is -3.62. The summed E-state index contributed by atoms with van der Waals surface area (Å²) in [6.07, 6.45) is 1.90. The van der Waals surface area contributed by atoms with Gasteiger partial charge in [-0.05, 0) is 18.2 Å². The first-order valence-corrected chi connectivity index (χ1v) is 6.59. The van der Waals surface area contributed by atoms with Gasteiger partial charge in [0.1, 0.15) is 18.2 Å². The highest BCUT2D eigenvalue weighted by molar-refractivity contribution is 5.93. The number of hydrogen-bond acceptors (Lipinski definition) is 6. The maximum atomic E-state index is 10.9. The van der Waals surface area contributed by atoms with Gasteiger partial charge >= 0.3 is 0 Å². The molecule has 9 nitrogen and oxygen atoms in total. The Labute approximate surface area is 127 Å². The number of benzene rings is 1. The van der Waals surface area contributed by atoms with Crippen molar-refractivity contribution in [2.45, 2.75) is 0 Å². The molecule has 0 radical (unpaired) electrons. The van der Waals surface area contributed by atoms with Crippen molar-refractivity contribution in [3.8, 4) is 11.5 Å². The van der Waals surface area contributed by atoms with Gasteiger partial charge in [-0.3, -0.25) is 20.0 Å². The summed E-state index contributed by atoms with van der Waals surface area (Å²) in [5.74, 6) is 0.466. The van der Waals surface area contributed by atoms with E-state index in [1.165, 1.54) is 6.07 Å². The van der Waals surface area contributed by atoms with Crippen LogP contribution in [-0.4, -0.2) is 36.4 Å². The van der Waals surface area contributed by atoms with Crippen LogP contribution in [0.5, 0.6) is 0 Å². The van der Waals surface area contributed by atoms with Gasteiger partial charge in [-0.2, -0.15) is 5.10 Å². The fraction of sp³-hybridized carbons (Fsp3) is 0. The number of hydrogen-bond donors (Lipinski definition) is 2. The zero-order chi connectivity index (χ0) is 16.0. The van der Waals surface area contributed by atoms with Crippen LogP contribution in [0.4, 0.5) is 5.69 Å². The molecule has 0 amide bonds. The van der Waals surface area contributed by atoms with Crippen LogP contribution in [0.15, 0.2) is 30.5 Å². The maximum Gasteiger partial charge on any atom is 0.288 e. The minimum absolute atomic E-state index is 0.125. The molecule has 0 saturated carbocycles. The van der Waals surface area contributed by atoms with E-state index in [0.29, 0.717) is 39.1 Å². The number of nitrogens with one attached hydrogen (secondary N) is 2. The molecule has 9 heteroatoms. The van der Waals surface area contributed by atoms with E-state index in [0.717, 1.165) is 12.5 Å². The summed E-state index contributed by atoms with van der Waals surface area (Å²) < 4.78 is 0. The van der Waals surface area contributed by atoms with E-state index in [-0.39, 0.29) is 5.69 Å². The Balaban J connectivity index is 1.92. The third-order valence-electron chi connectivity index (χ3n) is 3.48. The summed E-state index contributed by atoms with van der Waals surface area (Å²) in [4.78, 5) is 32.7. The Morgan fingerprint density at radius 2 is 2.13 bits per heavy atom. The number of fused-ring (bicyclic) bond motifs is 2. The first-order valence-electron chi connectivity index (χ1n) is 6.59. The van der Waals surface area contributed by atoms with Crippen molar-refractivity contribution >= 4 is 34.0 Å². The Kier molecular flexibility index (Phi) is 2.67. The minimum Gasteiger partial charge on any atom is -0.337 e. The number of H-pyrrole nitrogens is 2. The van der Waals surface area contributed by atoms with E-state index < -0.39 is 4.92 Å². The molecule has 0 aliphatic rings. The van der Waals surface area contributed by atoms with Gasteiger partial charge in [-0.1, -0.05) is 0 Å². The molecule has 0 aliphatic carbocycles. The van der Waals surface area contributed by atoms with Gasteiger partial charge in [0, 0.05) is 11.6 Å². The molecule has 4 rings (SSSR count). The highest BCUT2D eigenvalue weighted by atomic mass is 16.6. The van der Waals surface area contributed by atoms with E-state index in [1.807, 2.05) is 0 Å². The molecule has 0 aliphatic heterocycles. The summed E-state index contributed by atoms with van der Waals surface area (Å²) in [6.45, 7) is 0. The fourth-order valence-corrected chi connectivity index (χ4v) is 2.39. The second-order valence-corrected chi connectivity index (χ2v) is 4.90. The Morgan fingerprint density at radius 3 is 2.91 bits per heavy atom. The van der Waals surface area contributed by atoms with Gasteiger partial charge in [-0.15, -0.1) is 0 Å². The summed E-state index contributed by atoms with van der Waals surface area (Å²) in [7, 11) is 0. The third-order valence-corrected chi connectivity index (χ3v) is 3.48. The number of aromatic amines is 2. The quantitative estimate of drug-likeness (QED) is 0.339. The normalized spacial score (nSPS) is 11.1. The molecule has 3 heterocycles. The topological polar surface area (TPSA) is 130 Å². The summed E-state index contributed by atoms with van der Waals surface area (Å²) >= 11 is 0. The number of nitro groups is 1. The molecule has 0 bridgehead atoms. The van der Waals surface area contributed by atoms with E-state index in [4.69, 9.17) is 0 Å². The molecular formula is C14H8N6O3. The predicted octanol–water partition coefficient (Wildman–Crippen LogP) is 2.22. The zero-order valence-corrected chi connectivity index (χ0v) is 11.5. The van der Waals surface area contributed by atoms with Crippen LogP contribution in [0, 0.1) is 10.1 Å². The van der Waals surface area contributed by atoms with Gasteiger partial charge in [-0.25, -0.2) is 9.97 Å². The van der Waals surface area contributed by atoms with Gasteiger partial charge < -0.3 is 4.98 Å². The number of aldehydes is 1. The molecule has 0 fully saturated rings. The number of rotatable bonds is 3. The molecule has 23 heavy (non-hydrogen) atoms. The van der Waals surface area contributed by atoms with E-state index in [2.05, 4.69) is 25.1 Å². The maximum absolute atomic E-state index is 10.9. The zero-order valence-electron chi connectivity index (χ0n) is 11.5. The molecule has 2 N–H and O–H groups in total. The van der Waals surface area contributed by atoms with Gasteiger partial charge in [0.25, 0.3) is 5.69 Å². The highest BCUT2D eigenvalue weighted by Crippen LogP contribution is 2.27. The van der Waals surface area contributed by atoms with Crippen molar-refractivity contribution < 1.29 is 9.72 Å². The largest absolute Gasteiger partial charge is 0.337 e. The number of nitrogens with zero attached hydrogens (tertiary/aromatic N) is 4. The average molecular weight is 308 g/mol. The summed E-state index contributed by atoms with van der Waals surface area (Å²) in [5.41, 5.74) is 2.62. The second-order valence-electron chi connectivity index (χ2n) is 4.90. The molecule has 112 valence electrons. The van der Waals surface area contributed by atoms with Crippen LogP contribution in [-0.2, 0) is 0 Å². The Bertz CT molecular complexity index is 1080. The van der Waals surface area contributed by atoms with Crippen LogP contribution in [0.1, 0.15) is 10.4 Å². The van der Waals surface area contributed by atoms with Crippen molar-refractivity contribution in [1.29, 1.82) is 0 Å². The summed E-state index contributed by atoms with van der Waals surface area (Å²) in [5, 5.41) is 18.2. The number of pyridine rings is 1. The lowest BCUT2D eigenvalue weighted by molar-refractivity contribution is -0.385. The van der Waals surface area contributed by atoms with Gasteiger partial charge in [0.15, 0.2) is 11.5 Å². The van der Waals surface area contributed by atoms with Gasteiger partial charge in [0.05, 0.1) is 21.3 Å². The molecule has 1 aromatic carbocycles. The second kappa shape index (κ2) is 4.70. The predicted molar refractivity (Wildman–Crippen MR) is 81.0 cm³/mol. The van der Waals surface area contributed by atoms with Crippen LogP contribution < -0.4 is 0 Å². The SMILES string of the molecule is O=Cc1ccc2nc(-c3[nH]nc4ncc([N+](=O)[O-])cc34)[nH]c2c1. The molecule has 0 atom stereocenters. The van der Waals surface area contributed by atoms with Crippen LogP contribution in [0.25, 0.3) is 33.6 Å². The monoisotopic (exact) mass is 308 g/mol. The van der Waals surface area contributed by atoms with E-state index in [1.54, 1.807) is 18.2 Å². The lowest BCUT2D eigenvalue weighted by Gasteiger charge is -1.93. The van der Waals surface area contributed by atoms with Crippen molar-refractivity contribution in [2.75, 3.05) is 0 Å². The first-order chi connectivity index (χ1) is 11.2. The molecule has 4 aromatic rings. The fourth-order valence-electron chi connectivity index (χ4n) is 2.39. The number of carbonyl (C=O) groups is 1. The summed E-state index contributed by atoms with van der Waals surface area (Å²) in [6, 6.07) is 6.46. The van der Waals surface area contributed by atoms with Crippen LogP contribution in [0.2, 0.25) is 0 Å². The molecule has 3 aromatic heterocycles. The van der Waals surface area contributed by atoms with Crippen molar-refractivity contribution in [2.24, 2.45) is 0 Å². The van der Waals surface area contributed by atoms with Crippen molar-refractivity contribution in [1.82, 2.24) is 25.1 Å². The molecule has 0 unspecified atom stereocenters. The Morgan fingerprint density at radius 1 is 1.26 bits per heavy atom. The van der Waals surface area contributed by atoms with E-state index in [9.17, 15) is 14.9 Å². The van der Waals surface area contributed by atoms with Gasteiger partial charge in [0.2, 0.25) is 0 Å². The van der Waals surface area contributed by atoms with Crippen molar-refractivity contribution in [3.63, 3.8) is 0 Å². The third kappa shape index (κ3) is 2.02. The minimum atomic E-state index is -0.516. The standard InChI is InChI=1S/C14H8N6O3/c21-6-7-1-2-10-11(3-7)17-14(16-10)12-9-4-8(20(22)23)5-15-13(9)19-18-12/h1-6H,(H,16,17)(H,15,18,19). The van der Waals surface area contributed by atoms with Crippen LogP contribution >= 0.6 is 0 Å². The molecular weight excluding hydrogens is 300 g/mol. The number of imidazole rings is 1. The highest BCUT2D eigenvalue weighted by Gasteiger charge is 2.16. The van der Waals surface area contributed by atoms with E-state index >= 15 is 0 Å². The average Bonchev–Trinajstić information content (AvgIpc) is 3.16. The lowest BCUT2D eigenvalue weighted by atomic mass is 10.2. The molecule has 0 saturated heterocycles. The van der Waals surface area contributed by atoms with Crippen molar-refractivity contribution in [3.05, 3.63) is 46.1 Å². The smallest absolute Gasteiger partial charge is 0.288 e. The lowest BCUT2D eigenvalue weighted by Crippen LogP contribution is -1.89. The number of aromatic nitrogens is 5. The number of carbonyl (C=O) groups excluding carboxylic acids is 1.